The van der Waals surface area contributed by atoms with Gasteiger partial charge in [-0.2, -0.15) is 0 Å². The first-order valence-electron chi connectivity index (χ1n) is 10.0. The summed E-state index contributed by atoms with van der Waals surface area (Å²) in [6.07, 6.45) is 7.20. The monoisotopic (exact) mass is 389 g/mol. The molecule has 1 aliphatic carbocycles. The standard InChI is InChI=1S/C21H31N3O2S/c1-4-6-14-24-18(15-22-21(24)27(25,26)5-2)16-23(3)20-13-9-11-17-10-7-8-12-19(17)20/h7-8,10,12,15,20H,4-6,9,11,13-14,16H2,1-3H3/t20-/m0/s1. The summed E-state index contributed by atoms with van der Waals surface area (Å²) in [6, 6.07) is 9.06. The Bertz CT molecular complexity index is 873. The highest BCUT2D eigenvalue weighted by Crippen LogP contribution is 2.34. The molecule has 0 fully saturated rings. The summed E-state index contributed by atoms with van der Waals surface area (Å²) >= 11 is 0. The van der Waals surface area contributed by atoms with Gasteiger partial charge in [-0.25, -0.2) is 13.4 Å². The van der Waals surface area contributed by atoms with Crippen LogP contribution in [0.2, 0.25) is 0 Å². The summed E-state index contributed by atoms with van der Waals surface area (Å²) < 4.78 is 26.8. The Kier molecular flexibility index (Phi) is 6.37. The van der Waals surface area contributed by atoms with E-state index in [9.17, 15) is 8.42 Å². The molecule has 1 atom stereocenters. The van der Waals surface area contributed by atoms with Crippen LogP contribution in [0.3, 0.4) is 0 Å². The van der Waals surface area contributed by atoms with Gasteiger partial charge < -0.3 is 4.57 Å². The van der Waals surface area contributed by atoms with Gasteiger partial charge in [0.05, 0.1) is 17.6 Å². The van der Waals surface area contributed by atoms with E-state index in [1.165, 1.54) is 17.5 Å². The molecule has 0 N–H and O–H groups in total. The van der Waals surface area contributed by atoms with E-state index in [0.29, 0.717) is 19.1 Å². The van der Waals surface area contributed by atoms with Crippen LogP contribution in [0.4, 0.5) is 0 Å². The molecular weight excluding hydrogens is 358 g/mol. The number of fused-ring (bicyclic) bond motifs is 1. The molecule has 148 valence electrons. The summed E-state index contributed by atoms with van der Waals surface area (Å²) in [7, 11) is -1.18. The van der Waals surface area contributed by atoms with Crippen LogP contribution in [0.15, 0.2) is 35.6 Å². The highest BCUT2D eigenvalue weighted by Gasteiger charge is 2.26. The molecule has 1 heterocycles. The first kappa shape index (κ1) is 20.1. The molecule has 2 aromatic rings. The second-order valence-electron chi connectivity index (χ2n) is 7.46. The van der Waals surface area contributed by atoms with Crippen LogP contribution in [0, 0.1) is 0 Å². The maximum absolute atomic E-state index is 12.5. The lowest BCUT2D eigenvalue weighted by Gasteiger charge is -2.33. The average molecular weight is 390 g/mol. The van der Waals surface area contributed by atoms with Gasteiger partial charge in [-0.15, -0.1) is 0 Å². The lowest BCUT2D eigenvalue weighted by Crippen LogP contribution is -2.28. The molecule has 27 heavy (non-hydrogen) atoms. The highest BCUT2D eigenvalue weighted by atomic mass is 32.2. The largest absolute Gasteiger partial charge is 0.318 e. The Balaban J connectivity index is 1.87. The van der Waals surface area contributed by atoms with E-state index in [1.54, 1.807) is 13.1 Å². The number of aromatic nitrogens is 2. The summed E-state index contributed by atoms with van der Waals surface area (Å²) in [4.78, 5) is 6.65. The number of benzene rings is 1. The van der Waals surface area contributed by atoms with Crippen LogP contribution in [-0.4, -0.2) is 35.7 Å². The maximum atomic E-state index is 12.5. The number of sulfone groups is 1. The predicted molar refractivity (Wildman–Crippen MR) is 108 cm³/mol. The normalized spacial score (nSPS) is 17.3. The maximum Gasteiger partial charge on any atom is 0.227 e. The number of rotatable bonds is 8. The molecule has 6 heteroatoms. The summed E-state index contributed by atoms with van der Waals surface area (Å²) in [5, 5.41) is 0.228. The third-order valence-electron chi connectivity index (χ3n) is 5.58. The van der Waals surface area contributed by atoms with Crippen molar-refractivity contribution in [3.05, 3.63) is 47.3 Å². The van der Waals surface area contributed by atoms with Gasteiger partial charge in [-0.1, -0.05) is 44.5 Å². The Labute approximate surface area is 163 Å². The second-order valence-corrected chi connectivity index (χ2v) is 9.63. The zero-order chi connectivity index (χ0) is 19.4. The molecule has 1 aromatic heterocycles. The lowest BCUT2D eigenvalue weighted by molar-refractivity contribution is 0.207. The molecule has 0 amide bonds. The van der Waals surface area contributed by atoms with Crippen molar-refractivity contribution in [2.24, 2.45) is 0 Å². The first-order chi connectivity index (χ1) is 13.0. The third-order valence-corrected chi connectivity index (χ3v) is 7.22. The van der Waals surface area contributed by atoms with Crippen molar-refractivity contribution in [1.82, 2.24) is 14.5 Å². The number of hydrogen-bond acceptors (Lipinski definition) is 4. The SMILES string of the molecule is CCCCn1c(CN(C)[C@H]2CCCc3ccccc32)cnc1S(=O)(=O)CC. The average Bonchev–Trinajstić information content (AvgIpc) is 3.09. The van der Waals surface area contributed by atoms with E-state index >= 15 is 0 Å². The number of hydrogen-bond donors (Lipinski definition) is 0. The smallest absolute Gasteiger partial charge is 0.227 e. The van der Waals surface area contributed by atoms with E-state index < -0.39 is 9.84 Å². The van der Waals surface area contributed by atoms with Gasteiger partial charge in [0.1, 0.15) is 0 Å². The van der Waals surface area contributed by atoms with Crippen molar-refractivity contribution >= 4 is 9.84 Å². The summed E-state index contributed by atoms with van der Waals surface area (Å²) in [5.74, 6) is 0.0847. The van der Waals surface area contributed by atoms with Crippen molar-refractivity contribution < 1.29 is 8.42 Å². The van der Waals surface area contributed by atoms with Gasteiger partial charge in [0.15, 0.2) is 0 Å². The fourth-order valence-electron chi connectivity index (χ4n) is 4.00. The molecule has 0 aliphatic heterocycles. The van der Waals surface area contributed by atoms with Crippen LogP contribution in [0.1, 0.15) is 62.4 Å². The van der Waals surface area contributed by atoms with E-state index in [2.05, 4.69) is 48.1 Å². The molecule has 1 aromatic carbocycles. The molecule has 0 saturated heterocycles. The van der Waals surface area contributed by atoms with E-state index in [-0.39, 0.29) is 10.9 Å². The topological polar surface area (TPSA) is 55.2 Å². The minimum atomic E-state index is -3.31. The van der Waals surface area contributed by atoms with Crippen LogP contribution < -0.4 is 0 Å². The van der Waals surface area contributed by atoms with E-state index in [0.717, 1.165) is 31.4 Å². The molecule has 3 rings (SSSR count). The van der Waals surface area contributed by atoms with Gasteiger partial charge in [0.25, 0.3) is 0 Å². The summed E-state index contributed by atoms with van der Waals surface area (Å²) in [5.41, 5.74) is 3.84. The molecule has 0 unspecified atom stereocenters. The Morgan fingerprint density at radius 2 is 2.04 bits per heavy atom. The van der Waals surface area contributed by atoms with Gasteiger partial charge in [0.2, 0.25) is 15.0 Å². The third kappa shape index (κ3) is 4.27. The summed E-state index contributed by atoms with van der Waals surface area (Å²) in [6.45, 7) is 5.21. The van der Waals surface area contributed by atoms with E-state index in [4.69, 9.17) is 0 Å². The highest BCUT2D eigenvalue weighted by molar-refractivity contribution is 7.91. The lowest BCUT2D eigenvalue weighted by atomic mass is 9.87. The number of unbranched alkanes of at least 4 members (excludes halogenated alkanes) is 1. The molecule has 0 radical (unpaired) electrons. The van der Waals surface area contributed by atoms with Crippen molar-refractivity contribution in [3.8, 4) is 0 Å². The molecule has 5 nitrogen and oxygen atoms in total. The van der Waals surface area contributed by atoms with Crippen LogP contribution in [-0.2, 0) is 29.3 Å². The van der Waals surface area contributed by atoms with Gasteiger partial charge >= 0.3 is 0 Å². The Morgan fingerprint density at radius 3 is 2.78 bits per heavy atom. The fourth-order valence-corrected chi connectivity index (χ4v) is 5.02. The molecule has 0 bridgehead atoms. The minimum absolute atomic E-state index is 0.0847. The quantitative estimate of drug-likeness (QED) is 0.685. The van der Waals surface area contributed by atoms with Crippen molar-refractivity contribution in [3.63, 3.8) is 0 Å². The van der Waals surface area contributed by atoms with Crippen molar-refractivity contribution in [2.45, 2.75) is 70.2 Å². The van der Waals surface area contributed by atoms with Crippen LogP contribution in [0.5, 0.6) is 0 Å². The predicted octanol–water partition coefficient (Wildman–Crippen LogP) is 3.99. The second kappa shape index (κ2) is 8.57. The number of nitrogens with zero attached hydrogens (tertiary/aromatic N) is 3. The molecule has 0 spiro atoms. The Morgan fingerprint density at radius 1 is 1.26 bits per heavy atom. The first-order valence-corrected chi connectivity index (χ1v) is 11.7. The molecular formula is C21H31N3O2S. The van der Waals surface area contributed by atoms with Crippen molar-refractivity contribution in [1.29, 1.82) is 0 Å². The number of imidazole rings is 1. The molecule has 0 saturated carbocycles. The Hall–Kier alpha value is -1.66. The molecule has 1 aliphatic rings. The van der Waals surface area contributed by atoms with Crippen LogP contribution in [0.25, 0.3) is 0 Å². The zero-order valence-corrected chi connectivity index (χ0v) is 17.5. The van der Waals surface area contributed by atoms with Gasteiger partial charge in [-0.05, 0) is 43.9 Å². The van der Waals surface area contributed by atoms with E-state index in [1.807, 2.05) is 4.57 Å². The van der Waals surface area contributed by atoms with Crippen LogP contribution >= 0.6 is 0 Å². The fraction of sp³-hybridized carbons (Fsp3) is 0.571. The number of aryl methyl sites for hydroxylation is 1. The van der Waals surface area contributed by atoms with Gasteiger partial charge in [0, 0.05) is 19.1 Å². The minimum Gasteiger partial charge on any atom is -0.318 e. The van der Waals surface area contributed by atoms with Crippen molar-refractivity contribution in [2.75, 3.05) is 12.8 Å². The van der Waals surface area contributed by atoms with Gasteiger partial charge in [-0.3, -0.25) is 4.90 Å². The zero-order valence-electron chi connectivity index (χ0n) is 16.7.